The molecule has 1 unspecified atom stereocenters. The fourth-order valence-corrected chi connectivity index (χ4v) is 5.57. The molecular weight excluding hydrogens is 504 g/mol. The molecule has 0 radical (unpaired) electrons. The first-order valence-corrected chi connectivity index (χ1v) is 14.0. The summed E-state index contributed by atoms with van der Waals surface area (Å²) in [6.45, 7) is 10.7. The van der Waals surface area contributed by atoms with E-state index < -0.39 is 0 Å². The van der Waals surface area contributed by atoms with Crippen molar-refractivity contribution >= 4 is 22.4 Å². The lowest BCUT2D eigenvalue weighted by molar-refractivity contribution is 0.0952. The number of aromatic nitrogens is 2. The summed E-state index contributed by atoms with van der Waals surface area (Å²) in [6, 6.07) is 8.23. The number of ether oxygens (including phenoxy) is 1. The van der Waals surface area contributed by atoms with Crippen LogP contribution in [0.3, 0.4) is 0 Å². The maximum atomic E-state index is 13.7. The van der Waals surface area contributed by atoms with Crippen LogP contribution in [-0.2, 0) is 17.9 Å². The maximum absolute atomic E-state index is 13.7. The quantitative estimate of drug-likeness (QED) is 0.403. The van der Waals surface area contributed by atoms with Crippen molar-refractivity contribution < 1.29 is 9.53 Å². The van der Waals surface area contributed by atoms with Gasteiger partial charge in [0.1, 0.15) is 0 Å². The minimum absolute atomic E-state index is 0.112. The summed E-state index contributed by atoms with van der Waals surface area (Å²) in [5.74, 6) is -0.222. The van der Waals surface area contributed by atoms with Crippen LogP contribution in [0.5, 0.6) is 0 Å². The van der Waals surface area contributed by atoms with Gasteiger partial charge in [-0.05, 0) is 74.9 Å². The molecule has 1 atom stereocenters. The number of H-pyrrole nitrogens is 1. The number of rotatable bonds is 8. The second-order valence-electron chi connectivity index (χ2n) is 11.1. The van der Waals surface area contributed by atoms with Crippen molar-refractivity contribution in [1.29, 1.82) is 0 Å². The average Bonchev–Trinajstić information content (AvgIpc) is 3.37. The van der Waals surface area contributed by atoms with Gasteiger partial charge in [-0.25, -0.2) is 0 Å². The summed E-state index contributed by atoms with van der Waals surface area (Å²) in [5, 5.41) is 7.44. The predicted molar refractivity (Wildman–Crippen MR) is 159 cm³/mol. The number of likely N-dealkylation sites (N-methyl/N-ethyl adjacent to an activating group) is 1. The lowest BCUT2D eigenvalue weighted by Crippen LogP contribution is -2.52. The van der Waals surface area contributed by atoms with Gasteiger partial charge in [0.15, 0.2) is 0 Å². The molecule has 4 heterocycles. The van der Waals surface area contributed by atoms with E-state index in [1.165, 1.54) is 0 Å². The molecule has 0 saturated carbocycles. The van der Waals surface area contributed by atoms with E-state index in [1.807, 2.05) is 31.3 Å². The number of benzene rings is 1. The molecule has 0 aliphatic carbocycles. The molecule has 2 aliphatic heterocycles. The fourth-order valence-electron chi connectivity index (χ4n) is 5.57. The van der Waals surface area contributed by atoms with Crippen molar-refractivity contribution in [2.24, 2.45) is 0 Å². The Labute approximate surface area is 235 Å². The van der Waals surface area contributed by atoms with Gasteiger partial charge in [0, 0.05) is 86.0 Å². The highest BCUT2D eigenvalue weighted by Gasteiger charge is 2.23. The summed E-state index contributed by atoms with van der Waals surface area (Å²) >= 11 is 0. The Morgan fingerprint density at radius 1 is 1.18 bits per heavy atom. The first-order valence-electron chi connectivity index (χ1n) is 14.0. The van der Waals surface area contributed by atoms with Crippen molar-refractivity contribution in [3.05, 3.63) is 87.1 Å². The number of aryl methyl sites for hydroxylation is 1. The van der Waals surface area contributed by atoms with Gasteiger partial charge in [-0.15, -0.1) is 0 Å². The van der Waals surface area contributed by atoms with Crippen LogP contribution < -0.4 is 16.2 Å². The van der Waals surface area contributed by atoms with E-state index in [1.54, 1.807) is 7.11 Å². The van der Waals surface area contributed by atoms with Gasteiger partial charge >= 0.3 is 0 Å². The third-order valence-corrected chi connectivity index (χ3v) is 7.86. The molecule has 9 heteroatoms. The van der Waals surface area contributed by atoms with E-state index in [-0.39, 0.29) is 30.2 Å². The zero-order valence-electron chi connectivity index (χ0n) is 24.1. The van der Waals surface area contributed by atoms with Crippen LogP contribution in [0.2, 0.25) is 0 Å². The van der Waals surface area contributed by atoms with Crippen LogP contribution in [0.25, 0.3) is 16.5 Å². The normalized spacial score (nSPS) is 18.2. The minimum Gasteiger partial charge on any atom is -0.380 e. The van der Waals surface area contributed by atoms with Crippen molar-refractivity contribution in [1.82, 2.24) is 30.0 Å². The second-order valence-corrected chi connectivity index (χ2v) is 11.1. The number of nitrogens with one attached hydrogen (secondary N) is 3. The maximum Gasteiger partial charge on any atom is 0.253 e. The lowest BCUT2D eigenvalue weighted by atomic mass is 9.98. The topological polar surface area (TPSA) is 94.6 Å². The number of fused-ring (bicyclic) bond motifs is 1. The van der Waals surface area contributed by atoms with Gasteiger partial charge in [-0.2, -0.15) is 0 Å². The van der Waals surface area contributed by atoms with Crippen molar-refractivity contribution in [3.63, 3.8) is 0 Å². The predicted octanol–water partition coefficient (Wildman–Crippen LogP) is 3.37. The SMILES string of the molecule is COCc1cc(C)[nH]c(=O)c1CNC(=O)c1cc(C2=CNC(N3CCN(C)CC3)C=C2)cc2c1ccn2C(C)C. The van der Waals surface area contributed by atoms with E-state index in [2.05, 4.69) is 75.3 Å². The number of allylic oxidation sites excluding steroid dienone is 2. The molecular formula is C31H40N6O3. The van der Waals surface area contributed by atoms with Gasteiger partial charge in [0.2, 0.25) is 0 Å². The number of carbonyl (C=O) groups excluding carboxylic acids is 1. The molecule has 9 nitrogen and oxygen atoms in total. The summed E-state index contributed by atoms with van der Waals surface area (Å²) < 4.78 is 7.48. The first-order chi connectivity index (χ1) is 19.2. The number of hydrogen-bond acceptors (Lipinski definition) is 6. The van der Waals surface area contributed by atoms with E-state index in [4.69, 9.17) is 4.74 Å². The average molecular weight is 545 g/mol. The monoisotopic (exact) mass is 544 g/mol. The first kappa shape index (κ1) is 27.9. The van der Waals surface area contributed by atoms with E-state index in [0.717, 1.165) is 59.5 Å². The zero-order valence-corrected chi connectivity index (χ0v) is 24.1. The molecule has 1 fully saturated rings. The molecule has 1 saturated heterocycles. The van der Waals surface area contributed by atoms with Crippen LogP contribution >= 0.6 is 0 Å². The molecule has 2 aliphatic rings. The largest absolute Gasteiger partial charge is 0.380 e. The highest BCUT2D eigenvalue weighted by molar-refractivity contribution is 6.08. The van der Waals surface area contributed by atoms with Gasteiger partial charge in [0.25, 0.3) is 11.5 Å². The highest BCUT2D eigenvalue weighted by Crippen LogP contribution is 2.30. The molecule has 3 N–H and O–H groups in total. The minimum atomic E-state index is -0.222. The van der Waals surface area contributed by atoms with E-state index in [0.29, 0.717) is 17.7 Å². The Kier molecular flexibility index (Phi) is 8.25. The number of aromatic amines is 1. The molecule has 2 aromatic heterocycles. The Morgan fingerprint density at radius 2 is 1.95 bits per heavy atom. The number of carbonyl (C=O) groups is 1. The standard InChI is InChI=1S/C31H40N6O3/c1-20(2)37-9-8-25-26(30(38)33-18-27-24(19-40-5)14-21(3)34-31(27)39)15-23(16-28(25)37)22-6-7-29(32-17-22)36-12-10-35(4)11-13-36/h6-9,14-17,20,29,32H,10-13,18-19H2,1-5H3,(H,33,38)(H,34,39). The van der Waals surface area contributed by atoms with E-state index in [9.17, 15) is 9.59 Å². The molecule has 1 aromatic carbocycles. The van der Waals surface area contributed by atoms with Crippen molar-refractivity contribution in [2.45, 2.75) is 46.1 Å². The smallest absolute Gasteiger partial charge is 0.253 e. The molecule has 3 aromatic rings. The third kappa shape index (κ3) is 5.77. The fraction of sp³-hybridized carbons (Fsp3) is 0.419. The third-order valence-electron chi connectivity index (χ3n) is 7.86. The van der Waals surface area contributed by atoms with Gasteiger partial charge in [-0.3, -0.25) is 14.5 Å². The number of nitrogens with zero attached hydrogens (tertiary/aromatic N) is 3. The van der Waals surface area contributed by atoms with Crippen LogP contribution in [0, 0.1) is 6.92 Å². The molecule has 5 rings (SSSR count). The lowest BCUT2D eigenvalue weighted by Gasteiger charge is -2.37. The van der Waals surface area contributed by atoms with Crippen molar-refractivity contribution in [3.8, 4) is 0 Å². The second kappa shape index (κ2) is 11.8. The summed E-state index contributed by atoms with van der Waals surface area (Å²) in [4.78, 5) is 34.0. The van der Waals surface area contributed by atoms with Gasteiger partial charge in [0.05, 0.1) is 12.8 Å². The number of pyridine rings is 1. The highest BCUT2D eigenvalue weighted by atomic mass is 16.5. The molecule has 212 valence electrons. The number of amides is 1. The summed E-state index contributed by atoms with van der Waals surface area (Å²) in [7, 11) is 3.75. The number of methoxy groups -OCH3 is 1. The Hall–Kier alpha value is -3.66. The van der Waals surface area contributed by atoms with Crippen LogP contribution in [0.15, 0.2) is 53.6 Å². The Balaban J connectivity index is 1.43. The van der Waals surface area contributed by atoms with Crippen molar-refractivity contribution in [2.75, 3.05) is 40.3 Å². The summed E-state index contributed by atoms with van der Waals surface area (Å²) in [5.41, 5.74) is 5.39. The zero-order chi connectivity index (χ0) is 28.4. The molecule has 1 amide bonds. The van der Waals surface area contributed by atoms with Gasteiger partial charge in [-0.1, -0.05) is 6.08 Å². The molecule has 0 bridgehead atoms. The molecule has 40 heavy (non-hydrogen) atoms. The molecule has 0 spiro atoms. The van der Waals surface area contributed by atoms with E-state index >= 15 is 0 Å². The Morgan fingerprint density at radius 3 is 2.62 bits per heavy atom. The Bertz CT molecular complexity index is 1510. The van der Waals surface area contributed by atoms with Crippen LogP contribution in [0.1, 0.15) is 52.6 Å². The summed E-state index contributed by atoms with van der Waals surface area (Å²) in [6.07, 6.45) is 8.60. The number of hydrogen-bond donors (Lipinski definition) is 3. The van der Waals surface area contributed by atoms with Crippen LogP contribution in [0.4, 0.5) is 0 Å². The number of dihydropyridines is 1. The number of piperazine rings is 1. The van der Waals surface area contributed by atoms with Crippen LogP contribution in [-0.4, -0.2) is 71.8 Å². The van der Waals surface area contributed by atoms with Gasteiger partial charge < -0.3 is 29.8 Å².